The molecule has 2 saturated heterocycles. The van der Waals surface area contributed by atoms with Gasteiger partial charge in [0, 0.05) is 19.0 Å². The quantitative estimate of drug-likeness (QED) is 0.861. The molecular weight excluding hydrogens is 330 g/mol. The molecule has 1 amide bonds. The summed E-state index contributed by atoms with van der Waals surface area (Å²) in [4.78, 5) is 21.9. The van der Waals surface area contributed by atoms with Crippen molar-refractivity contribution in [3.63, 3.8) is 0 Å². The highest BCUT2D eigenvalue weighted by Crippen LogP contribution is 2.41. The van der Waals surface area contributed by atoms with Crippen molar-refractivity contribution in [1.29, 1.82) is 0 Å². The summed E-state index contributed by atoms with van der Waals surface area (Å²) in [6.07, 6.45) is 6.84. The maximum absolute atomic E-state index is 13.2. The van der Waals surface area contributed by atoms with Crippen LogP contribution in [0.3, 0.4) is 0 Å². The van der Waals surface area contributed by atoms with Crippen LogP contribution in [-0.2, 0) is 11.3 Å². The molecule has 1 aliphatic carbocycles. The van der Waals surface area contributed by atoms with E-state index in [1.165, 1.54) is 19.3 Å². The van der Waals surface area contributed by atoms with Gasteiger partial charge in [0.1, 0.15) is 0 Å². The highest BCUT2D eigenvalue weighted by Gasteiger charge is 2.46. The molecule has 3 fully saturated rings. The maximum Gasteiger partial charge on any atom is 0.240 e. The molecule has 3 aliphatic rings. The second-order valence-electron chi connectivity index (χ2n) is 8.41. The number of nitrogens with zero attached hydrogens (tertiary/aromatic N) is 4. The predicted molar refractivity (Wildman–Crippen MR) is 97.6 cm³/mol. The van der Waals surface area contributed by atoms with Gasteiger partial charge in [-0.25, -0.2) is 0 Å². The molecule has 1 spiro atoms. The Morgan fingerprint density at radius 1 is 1.38 bits per heavy atom. The van der Waals surface area contributed by atoms with E-state index in [1.54, 1.807) is 0 Å². The van der Waals surface area contributed by atoms with Crippen LogP contribution in [0.4, 0.5) is 0 Å². The summed E-state index contributed by atoms with van der Waals surface area (Å²) in [7, 11) is 2.09. The topological polar surface area (TPSA) is 74.5 Å². The van der Waals surface area contributed by atoms with E-state index in [1.807, 2.05) is 11.8 Å². The van der Waals surface area contributed by atoms with Gasteiger partial charge in [0.2, 0.25) is 11.8 Å². The highest BCUT2D eigenvalue weighted by molar-refractivity contribution is 5.82. The maximum atomic E-state index is 13.2. The molecule has 0 unspecified atom stereocenters. The standard InChI is InChI=1S/C19H31N5O2/c1-3-24(12-16-21-17(26-22-16)14-5-4-6-14)18(25)15-11-19(13-23(15)2)7-9-20-10-8-19/h14-15,20H,3-13H2,1-2H3/t15-/m1/s1. The summed E-state index contributed by atoms with van der Waals surface area (Å²) in [6.45, 7) is 6.31. The molecule has 7 heteroatoms. The molecule has 1 N–H and O–H groups in total. The number of aromatic nitrogens is 2. The minimum Gasteiger partial charge on any atom is -0.339 e. The molecule has 0 aromatic carbocycles. The number of rotatable bonds is 5. The highest BCUT2D eigenvalue weighted by atomic mass is 16.5. The number of hydrogen-bond donors (Lipinski definition) is 1. The van der Waals surface area contributed by atoms with Crippen molar-refractivity contribution in [3.05, 3.63) is 11.7 Å². The summed E-state index contributed by atoms with van der Waals surface area (Å²) in [6, 6.07) is -0.0222. The summed E-state index contributed by atoms with van der Waals surface area (Å²) in [5.41, 5.74) is 0.309. The third-order valence-corrected chi connectivity index (χ3v) is 6.66. The summed E-state index contributed by atoms with van der Waals surface area (Å²) in [5, 5.41) is 7.56. The smallest absolute Gasteiger partial charge is 0.240 e. The normalized spacial score (nSPS) is 26.2. The van der Waals surface area contributed by atoms with Crippen molar-refractivity contribution in [2.45, 2.75) is 64.0 Å². The Balaban J connectivity index is 1.41. The van der Waals surface area contributed by atoms with Gasteiger partial charge in [-0.3, -0.25) is 9.69 Å². The fourth-order valence-corrected chi connectivity index (χ4v) is 4.74. The average Bonchev–Trinajstić information content (AvgIpc) is 3.16. The summed E-state index contributed by atoms with van der Waals surface area (Å²) < 4.78 is 5.41. The molecule has 26 heavy (non-hydrogen) atoms. The van der Waals surface area contributed by atoms with Gasteiger partial charge in [0.25, 0.3) is 0 Å². The number of carbonyl (C=O) groups excluding carboxylic acids is 1. The Morgan fingerprint density at radius 2 is 2.15 bits per heavy atom. The number of likely N-dealkylation sites (N-methyl/N-ethyl adjacent to an activating group) is 2. The van der Waals surface area contributed by atoms with Crippen LogP contribution in [0.2, 0.25) is 0 Å². The molecule has 1 atom stereocenters. The van der Waals surface area contributed by atoms with E-state index in [-0.39, 0.29) is 11.9 Å². The van der Waals surface area contributed by atoms with E-state index in [0.717, 1.165) is 44.8 Å². The third kappa shape index (κ3) is 3.39. The van der Waals surface area contributed by atoms with Gasteiger partial charge in [-0.15, -0.1) is 0 Å². The Morgan fingerprint density at radius 3 is 2.81 bits per heavy atom. The van der Waals surface area contributed by atoms with Crippen molar-refractivity contribution < 1.29 is 9.32 Å². The fraction of sp³-hybridized carbons (Fsp3) is 0.842. The number of amides is 1. The second kappa shape index (κ2) is 7.27. The Hall–Kier alpha value is -1.47. The molecular formula is C19H31N5O2. The molecule has 144 valence electrons. The summed E-state index contributed by atoms with van der Waals surface area (Å²) >= 11 is 0. The zero-order valence-corrected chi connectivity index (χ0v) is 16.0. The van der Waals surface area contributed by atoms with Gasteiger partial charge in [0.05, 0.1) is 12.6 Å². The van der Waals surface area contributed by atoms with Crippen LogP contribution in [0.1, 0.15) is 63.1 Å². The van der Waals surface area contributed by atoms with E-state index >= 15 is 0 Å². The first-order valence-corrected chi connectivity index (χ1v) is 10.1. The summed E-state index contributed by atoms with van der Waals surface area (Å²) in [5.74, 6) is 2.03. The van der Waals surface area contributed by atoms with Crippen LogP contribution in [0.25, 0.3) is 0 Å². The minimum atomic E-state index is -0.0222. The second-order valence-corrected chi connectivity index (χ2v) is 8.41. The third-order valence-electron chi connectivity index (χ3n) is 6.66. The van der Waals surface area contributed by atoms with Gasteiger partial charge in [0.15, 0.2) is 5.82 Å². The molecule has 2 aliphatic heterocycles. The lowest BCUT2D eigenvalue weighted by Gasteiger charge is -2.33. The van der Waals surface area contributed by atoms with E-state index < -0.39 is 0 Å². The molecule has 1 aromatic rings. The number of likely N-dealkylation sites (tertiary alicyclic amines) is 1. The van der Waals surface area contributed by atoms with Crippen molar-refractivity contribution >= 4 is 5.91 Å². The monoisotopic (exact) mass is 361 g/mol. The van der Waals surface area contributed by atoms with E-state index in [2.05, 4.69) is 27.4 Å². The lowest BCUT2D eigenvalue weighted by atomic mass is 9.77. The first-order valence-electron chi connectivity index (χ1n) is 10.1. The fourth-order valence-electron chi connectivity index (χ4n) is 4.74. The zero-order valence-electron chi connectivity index (χ0n) is 16.0. The molecule has 3 heterocycles. The Bertz CT molecular complexity index is 636. The first-order chi connectivity index (χ1) is 12.6. The minimum absolute atomic E-state index is 0.0222. The van der Waals surface area contributed by atoms with E-state index in [4.69, 9.17) is 4.52 Å². The van der Waals surface area contributed by atoms with E-state index in [9.17, 15) is 4.79 Å². The Labute approximate surface area is 155 Å². The van der Waals surface area contributed by atoms with Gasteiger partial charge in [-0.1, -0.05) is 11.6 Å². The molecule has 7 nitrogen and oxygen atoms in total. The first kappa shape index (κ1) is 17.9. The average molecular weight is 361 g/mol. The molecule has 4 rings (SSSR count). The van der Waals surface area contributed by atoms with Crippen LogP contribution in [-0.4, -0.2) is 65.1 Å². The van der Waals surface area contributed by atoms with Gasteiger partial charge in [-0.05, 0) is 64.6 Å². The lowest BCUT2D eigenvalue weighted by Crippen LogP contribution is -2.44. The SMILES string of the molecule is CCN(Cc1noc(C2CCC2)n1)C(=O)[C@H]1CC2(CCNCC2)CN1C. The van der Waals surface area contributed by atoms with Crippen molar-refractivity contribution in [2.75, 3.05) is 33.2 Å². The number of nitrogens with one attached hydrogen (secondary N) is 1. The van der Waals surface area contributed by atoms with Crippen molar-refractivity contribution in [1.82, 2.24) is 25.3 Å². The number of hydrogen-bond acceptors (Lipinski definition) is 6. The van der Waals surface area contributed by atoms with Crippen LogP contribution in [0.5, 0.6) is 0 Å². The van der Waals surface area contributed by atoms with Gasteiger partial charge >= 0.3 is 0 Å². The van der Waals surface area contributed by atoms with E-state index in [0.29, 0.717) is 30.2 Å². The zero-order chi connectivity index (χ0) is 18.1. The lowest BCUT2D eigenvalue weighted by molar-refractivity contribution is -0.136. The molecule has 1 saturated carbocycles. The Kier molecular flexibility index (Phi) is 5.01. The predicted octanol–water partition coefficient (Wildman–Crippen LogP) is 1.76. The van der Waals surface area contributed by atoms with Gasteiger partial charge < -0.3 is 14.7 Å². The van der Waals surface area contributed by atoms with Crippen LogP contribution in [0.15, 0.2) is 4.52 Å². The van der Waals surface area contributed by atoms with Crippen LogP contribution >= 0.6 is 0 Å². The molecule has 0 bridgehead atoms. The largest absolute Gasteiger partial charge is 0.339 e. The number of piperidine rings is 1. The molecule has 1 aromatic heterocycles. The van der Waals surface area contributed by atoms with Gasteiger partial charge in [-0.2, -0.15) is 4.98 Å². The molecule has 0 radical (unpaired) electrons. The van der Waals surface area contributed by atoms with Crippen LogP contribution in [0, 0.1) is 5.41 Å². The van der Waals surface area contributed by atoms with Crippen LogP contribution < -0.4 is 5.32 Å². The number of carbonyl (C=O) groups is 1. The van der Waals surface area contributed by atoms with Crippen molar-refractivity contribution in [2.24, 2.45) is 5.41 Å². The van der Waals surface area contributed by atoms with Crippen molar-refractivity contribution in [3.8, 4) is 0 Å².